The van der Waals surface area contributed by atoms with Crippen LogP contribution in [0.5, 0.6) is 0 Å². The smallest absolute Gasteiger partial charge is 0.335 e. The highest BCUT2D eigenvalue weighted by Gasteiger charge is 2.11. The molecule has 0 fully saturated rings. The Morgan fingerprint density at radius 3 is 2.35 bits per heavy atom. The standard InChI is InChI=1S/C17H17NO4S/c1-12-4-2-3-5-15(12)18-16(19)11-23(22)10-13-6-8-14(9-7-13)17(20)21/h2-9H,10-11H2,1H3,(H,18,19)(H,20,21). The van der Waals surface area contributed by atoms with E-state index in [1.807, 2.05) is 25.1 Å². The Kier molecular flexibility index (Phi) is 5.65. The zero-order valence-corrected chi connectivity index (χ0v) is 13.4. The van der Waals surface area contributed by atoms with Gasteiger partial charge in [0.15, 0.2) is 0 Å². The maximum atomic E-state index is 12.1. The quantitative estimate of drug-likeness (QED) is 0.852. The molecule has 0 aliphatic rings. The van der Waals surface area contributed by atoms with E-state index in [1.54, 1.807) is 18.2 Å². The minimum atomic E-state index is -1.36. The van der Waals surface area contributed by atoms with Gasteiger partial charge in [0.1, 0.15) is 5.75 Å². The van der Waals surface area contributed by atoms with Crippen LogP contribution in [0.2, 0.25) is 0 Å². The van der Waals surface area contributed by atoms with Crippen LogP contribution in [0.25, 0.3) is 0 Å². The van der Waals surface area contributed by atoms with Crippen LogP contribution in [-0.4, -0.2) is 26.9 Å². The summed E-state index contributed by atoms with van der Waals surface area (Å²) in [6.45, 7) is 1.89. The van der Waals surface area contributed by atoms with Crippen molar-refractivity contribution in [3.05, 3.63) is 65.2 Å². The number of aryl methyl sites for hydroxylation is 1. The van der Waals surface area contributed by atoms with E-state index < -0.39 is 16.8 Å². The summed E-state index contributed by atoms with van der Waals surface area (Å²) >= 11 is 0. The molecule has 2 N–H and O–H groups in total. The fraction of sp³-hybridized carbons (Fsp3) is 0.176. The maximum Gasteiger partial charge on any atom is 0.335 e. The third-order valence-corrected chi connectivity index (χ3v) is 4.48. The van der Waals surface area contributed by atoms with E-state index in [9.17, 15) is 13.8 Å². The summed E-state index contributed by atoms with van der Waals surface area (Å²) in [5, 5.41) is 11.6. The topological polar surface area (TPSA) is 83.5 Å². The first-order chi connectivity index (χ1) is 11.0. The number of rotatable bonds is 6. The lowest BCUT2D eigenvalue weighted by Gasteiger charge is -2.08. The van der Waals surface area contributed by atoms with Gasteiger partial charge in [0, 0.05) is 22.2 Å². The van der Waals surface area contributed by atoms with Gasteiger partial charge in [-0.05, 0) is 36.2 Å². The maximum absolute atomic E-state index is 12.1. The third-order valence-electron chi connectivity index (χ3n) is 3.24. The molecule has 0 aliphatic heterocycles. The van der Waals surface area contributed by atoms with Gasteiger partial charge < -0.3 is 10.4 Å². The zero-order valence-electron chi connectivity index (χ0n) is 12.6. The van der Waals surface area contributed by atoms with Crippen molar-refractivity contribution in [1.29, 1.82) is 0 Å². The molecule has 0 bridgehead atoms. The van der Waals surface area contributed by atoms with Crippen LogP contribution >= 0.6 is 0 Å². The molecule has 0 saturated heterocycles. The number of amides is 1. The summed E-state index contributed by atoms with van der Waals surface area (Å²) in [4.78, 5) is 22.7. The van der Waals surface area contributed by atoms with Crippen molar-refractivity contribution < 1.29 is 18.9 Å². The fourth-order valence-corrected chi connectivity index (χ4v) is 3.06. The van der Waals surface area contributed by atoms with E-state index in [2.05, 4.69) is 5.32 Å². The minimum absolute atomic E-state index is 0.102. The van der Waals surface area contributed by atoms with Crippen molar-refractivity contribution in [1.82, 2.24) is 0 Å². The monoisotopic (exact) mass is 331 g/mol. The highest BCUT2D eigenvalue weighted by molar-refractivity contribution is 7.84. The molecule has 0 heterocycles. The van der Waals surface area contributed by atoms with E-state index in [0.717, 1.165) is 11.1 Å². The second-order valence-corrected chi connectivity index (χ2v) is 6.55. The van der Waals surface area contributed by atoms with Crippen molar-refractivity contribution in [3.8, 4) is 0 Å². The Balaban J connectivity index is 1.90. The number of anilines is 1. The van der Waals surface area contributed by atoms with Crippen LogP contribution in [0.4, 0.5) is 5.69 Å². The van der Waals surface area contributed by atoms with E-state index in [-0.39, 0.29) is 23.0 Å². The first-order valence-corrected chi connectivity index (χ1v) is 8.47. The lowest BCUT2D eigenvalue weighted by Crippen LogP contribution is -2.20. The van der Waals surface area contributed by atoms with Crippen LogP contribution in [-0.2, 0) is 21.3 Å². The summed E-state index contributed by atoms with van der Waals surface area (Å²) in [5.41, 5.74) is 2.56. The lowest BCUT2D eigenvalue weighted by atomic mass is 10.1. The SMILES string of the molecule is Cc1ccccc1NC(=O)CS(=O)Cc1ccc(C(=O)O)cc1. The van der Waals surface area contributed by atoms with Gasteiger partial charge in [-0.3, -0.25) is 9.00 Å². The molecular formula is C17H17NO4S. The van der Waals surface area contributed by atoms with Gasteiger partial charge >= 0.3 is 5.97 Å². The molecule has 2 rings (SSSR count). The van der Waals surface area contributed by atoms with Crippen LogP contribution in [0.3, 0.4) is 0 Å². The largest absolute Gasteiger partial charge is 0.478 e. The van der Waals surface area contributed by atoms with Gasteiger partial charge in [0.25, 0.3) is 0 Å². The second-order valence-electron chi connectivity index (χ2n) is 5.09. The molecule has 0 saturated carbocycles. The predicted octanol–water partition coefficient (Wildman–Crippen LogP) is 2.58. The average Bonchev–Trinajstić information content (AvgIpc) is 2.50. The number of carbonyl (C=O) groups is 2. The Bertz CT molecular complexity index is 741. The molecule has 5 nitrogen and oxygen atoms in total. The van der Waals surface area contributed by atoms with Gasteiger partial charge in [0.2, 0.25) is 5.91 Å². The molecule has 120 valence electrons. The number of carboxylic acid groups (broad SMARTS) is 1. The van der Waals surface area contributed by atoms with Crippen LogP contribution in [0.15, 0.2) is 48.5 Å². The molecule has 0 aliphatic carbocycles. The van der Waals surface area contributed by atoms with E-state index in [4.69, 9.17) is 5.11 Å². The minimum Gasteiger partial charge on any atom is -0.478 e. The number of aromatic carboxylic acids is 1. The summed E-state index contributed by atoms with van der Waals surface area (Å²) in [6.07, 6.45) is 0. The number of carboxylic acids is 1. The Morgan fingerprint density at radius 2 is 1.74 bits per heavy atom. The predicted molar refractivity (Wildman–Crippen MR) is 89.9 cm³/mol. The molecule has 23 heavy (non-hydrogen) atoms. The molecule has 1 unspecified atom stereocenters. The summed E-state index contributed by atoms with van der Waals surface area (Å²) < 4.78 is 12.1. The number of nitrogens with one attached hydrogen (secondary N) is 1. The van der Waals surface area contributed by atoms with E-state index in [1.165, 1.54) is 12.1 Å². The summed E-state index contributed by atoms with van der Waals surface area (Å²) in [6, 6.07) is 13.5. The van der Waals surface area contributed by atoms with Crippen molar-refractivity contribution >= 4 is 28.4 Å². The average molecular weight is 331 g/mol. The molecule has 2 aromatic carbocycles. The Hall–Kier alpha value is -2.47. The lowest BCUT2D eigenvalue weighted by molar-refractivity contribution is -0.113. The Morgan fingerprint density at radius 1 is 1.09 bits per heavy atom. The molecule has 0 aromatic heterocycles. The fourth-order valence-electron chi connectivity index (χ4n) is 2.03. The molecule has 0 radical (unpaired) electrons. The molecule has 6 heteroatoms. The van der Waals surface area contributed by atoms with Crippen molar-refractivity contribution in [2.75, 3.05) is 11.1 Å². The molecule has 1 amide bonds. The second kappa shape index (κ2) is 7.69. The highest BCUT2D eigenvalue weighted by Crippen LogP contribution is 2.13. The molecular weight excluding hydrogens is 314 g/mol. The Labute approximate surface area is 136 Å². The number of benzene rings is 2. The van der Waals surface area contributed by atoms with Crippen molar-refractivity contribution in [2.24, 2.45) is 0 Å². The van der Waals surface area contributed by atoms with Gasteiger partial charge in [-0.25, -0.2) is 4.79 Å². The zero-order chi connectivity index (χ0) is 16.8. The summed E-state index contributed by atoms with van der Waals surface area (Å²) in [7, 11) is -1.36. The first kappa shape index (κ1) is 16.9. The van der Waals surface area contributed by atoms with Crippen molar-refractivity contribution in [2.45, 2.75) is 12.7 Å². The molecule has 1 atom stereocenters. The van der Waals surface area contributed by atoms with E-state index in [0.29, 0.717) is 5.69 Å². The van der Waals surface area contributed by atoms with Crippen LogP contribution in [0.1, 0.15) is 21.5 Å². The van der Waals surface area contributed by atoms with Crippen LogP contribution < -0.4 is 5.32 Å². The van der Waals surface area contributed by atoms with Gasteiger partial charge in [0.05, 0.1) is 5.56 Å². The number of hydrogen-bond donors (Lipinski definition) is 2. The van der Waals surface area contributed by atoms with Gasteiger partial charge in [-0.1, -0.05) is 30.3 Å². The number of hydrogen-bond acceptors (Lipinski definition) is 3. The summed E-state index contributed by atoms with van der Waals surface area (Å²) in [5.74, 6) is -1.20. The molecule has 2 aromatic rings. The van der Waals surface area contributed by atoms with Gasteiger partial charge in [-0.15, -0.1) is 0 Å². The van der Waals surface area contributed by atoms with Crippen LogP contribution in [0, 0.1) is 6.92 Å². The van der Waals surface area contributed by atoms with E-state index >= 15 is 0 Å². The highest BCUT2D eigenvalue weighted by atomic mass is 32.2. The third kappa shape index (κ3) is 5.03. The number of para-hydroxylation sites is 1. The van der Waals surface area contributed by atoms with Crippen molar-refractivity contribution in [3.63, 3.8) is 0 Å². The normalized spacial score (nSPS) is 11.7. The number of carbonyl (C=O) groups excluding carboxylic acids is 1. The first-order valence-electron chi connectivity index (χ1n) is 6.98. The van der Waals surface area contributed by atoms with Gasteiger partial charge in [-0.2, -0.15) is 0 Å². The molecule has 0 spiro atoms.